The molecule has 1 aliphatic rings. The van der Waals surface area contributed by atoms with Crippen molar-refractivity contribution in [3.63, 3.8) is 0 Å². The van der Waals surface area contributed by atoms with Crippen LogP contribution in [0.4, 0.5) is 8.78 Å². The van der Waals surface area contributed by atoms with E-state index in [-0.39, 0.29) is 5.54 Å². The van der Waals surface area contributed by atoms with Crippen molar-refractivity contribution in [2.24, 2.45) is 0 Å². The van der Waals surface area contributed by atoms with Gasteiger partial charge in [0.15, 0.2) is 0 Å². The third-order valence-electron chi connectivity index (χ3n) is 4.23. The summed E-state index contributed by atoms with van der Waals surface area (Å²) in [4.78, 5) is 2.30. The van der Waals surface area contributed by atoms with E-state index in [1.807, 2.05) is 0 Å². The molecular weight excluding hydrogens is 246 g/mol. The highest BCUT2D eigenvalue weighted by Crippen LogP contribution is 2.25. The molecule has 2 nitrogen and oxygen atoms in total. The average molecular weight is 268 g/mol. The number of nitrogens with zero attached hydrogens (tertiary/aromatic N) is 1. The van der Waals surface area contributed by atoms with Gasteiger partial charge in [0.05, 0.1) is 0 Å². The molecular formula is C15H22F2N2. The predicted octanol–water partition coefficient (Wildman–Crippen LogP) is 2.93. The van der Waals surface area contributed by atoms with Gasteiger partial charge in [0, 0.05) is 42.8 Å². The molecule has 0 aliphatic carbocycles. The van der Waals surface area contributed by atoms with Crippen molar-refractivity contribution in [2.45, 2.75) is 45.3 Å². The van der Waals surface area contributed by atoms with Crippen molar-refractivity contribution in [1.29, 1.82) is 0 Å². The summed E-state index contributed by atoms with van der Waals surface area (Å²) in [6, 6.07) is 4.23. The summed E-state index contributed by atoms with van der Waals surface area (Å²) in [6.07, 6.45) is 0.996. The third-order valence-corrected chi connectivity index (χ3v) is 4.23. The smallest absolute Gasteiger partial charge is 0.130 e. The quantitative estimate of drug-likeness (QED) is 0.906. The lowest BCUT2D eigenvalue weighted by Crippen LogP contribution is -2.61. The summed E-state index contributed by atoms with van der Waals surface area (Å²) in [5.74, 6) is -0.974. The fourth-order valence-electron chi connectivity index (χ4n) is 2.58. The molecule has 0 bridgehead atoms. The highest BCUT2D eigenvalue weighted by molar-refractivity contribution is 5.19. The molecule has 1 aromatic rings. The Balaban J connectivity index is 2.19. The van der Waals surface area contributed by atoms with Crippen LogP contribution in [0.1, 0.15) is 32.8 Å². The highest BCUT2D eigenvalue weighted by atomic mass is 19.1. The first-order chi connectivity index (χ1) is 8.94. The fraction of sp³-hybridized carbons (Fsp3) is 0.600. The summed E-state index contributed by atoms with van der Waals surface area (Å²) in [5, 5.41) is 3.47. The molecule has 2 unspecified atom stereocenters. The zero-order valence-corrected chi connectivity index (χ0v) is 11.8. The number of hydrogen-bond acceptors (Lipinski definition) is 2. The molecule has 0 saturated carbocycles. The fourth-order valence-corrected chi connectivity index (χ4v) is 2.58. The number of hydrogen-bond donors (Lipinski definition) is 1. The van der Waals surface area contributed by atoms with E-state index in [1.165, 1.54) is 6.07 Å². The van der Waals surface area contributed by atoms with Crippen molar-refractivity contribution in [2.75, 3.05) is 13.1 Å². The Kier molecular flexibility index (Phi) is 4.21. The summed E-state index contributed by atoms with van der Waals surface area (Å²) in [7, 11) is 0. The Morgan fingerprint density at radius 1 is 1.42 bits per heavy atom. The van der Waals surface area contributed by atoms with Crippen molar-refractivity contribution in [3.05, 3.63) is 35.4 Å². The van der Waals surface area contributed by atoms with Gasteiger partial charge in [-0.05, 0) is 26.3 Å². The second-order valence-electron chi connectivity index (χ2n) is 5.75. The van der Waals surface area contributed by atoms with Gasteiger partial charge in [0.2, 0.25) is 0 Å². The minimum Gasteiger partial charge on any atom is -0.311 e. The highest BCUT2D eigenvalue weighted by Gasteiger charge is 2.35. The maximum absolute atomic E-state index is 13.8. The summed E-state index contributed by atoms with van der Waals surface area (Å²) in [6.45, 7) is 8.76. The summed E-state index contributed by atoms with van der Waals surface area (Å²) >= 11 is 0. The molecule has 0 aromatic heterocycles. The Hall–Kier alpha value is -1.00. The second-order valence-corrected chi connectivity index (χ2v) is 5.75. The van der Waals surface area contributed by atoms with Crippen molar-refractivity contribution < 1.29 is 8.78 Å². The van der Waals surface area contributed by atoms with Crippen LogP contribution in [0, 0.1) is 11.6 Å². The maximum atomic E-state index is 13.8. The summed E-state index contributed by atoms with van der Waals surface area (Å²) < 4.78 is 26.7. The van der Waals surface area contributed by atoms with Gasteiger partial charge in [-0.25, -0.2) is 8.78 Å². The molecule has 19 heavy (non-hydrogen) atoms. The van der Waals surface area contributed by atoms with Crippen LogP contribution in [0.5, 0.6) is 0 Å². The van der Waals surface area contributed by atoms with Crippen molar-refractivity contribution in [3.8, 4) is 0 Å². The predicted molar refractivity (Wildman–Crippen MR) is 72.9 cm³/mol. The topological polar surface area (TPSA) is 15.3 Å². The number of piperazine rings is 1. The van der Waals surface area contributed by atoms with Gasteiger partial charge >= 0.3 is 0 Å². The van der Waals surface area contributed by atoms with Crippen LogP contribution in [0.15, 0.2) is 18.2 Å². The SMILES string of the molecule is CCC1(C)CNC(C)CN1Cc1ccc(F)cc1F. The molecule has 1 heterocycles. The molecule has 0 amide bonds. The molecule has 2 rings (SSSR count). The first-order valence-corrected chi connectivity index (χ1v) is 6.87. The number of rotatable bonds is 3. The van der Waals surface area contributed by atoms with E-state index in [4.69, 9.17) is 0 Å². The molecule has 0 radical (unpaired) electrons. The lowest BCUT2D eigenvalue weighted by Gasteiger charge is -2.47. The zero-order chi connectivity index (χ0) is 14.0. The molecule has 2 atom stereocenters. The van der Waals surface area contributed by atoms with Crippen LogP contribution >= 0.6 is 0 Å². The molecule has 4 heteroatoms. The van der Waals surface area contributed by atoms with E-state index in [0.29, 0.717) is 18.2 Å². The molecule has 106 valence electrons. The van der Waals surface area contributed by atoms with Crippen molar-refractivity contribution >= 4 is 0 Å². The van der Waals surface area contributed by atoms with Crippen LogP contribution in [-0.4, -0.2) is 29.6 Å². The van der Waals surface area contributed by atoms with Crippen LogP contribution in [0.3, 0.4) is 0 Å². The molecule has 1 fully saturated rings. The normalized spacial score (nSPS) is 28.6. The largest absolute Gasteiger partial charge is 0.311 e. The molecule has 0 spiro atoms. The Labute approximate surface area is 113 Å². The van der Waals surface area contributed by atoms with E-state index in [2.05, 4.69) is 31.0 Å². The van der Waals surface area contributed by atoms with Crippen LogP contribution < -0.4 is 5.32 Å². The first kappa shape index (κ1) is 14.4. The van der Waals surface area contributed by atoms with Gasteiger partial charge in [-0.15, -0.1) is 0 Å². The zero-order valence-electron chi connectivity index (χ0n) is 11.8. The monoisotopic (exact) mass is 268 g/mol. The standard InChI is InChI=1S/C15H22F2N2/c1-4-15(3)10-18-11(2)8-19(15)9-12-5-6-13(16)7-14(12)17/h5-7,11,18H,4,8-10H2,1-3H3. The second kappa shape index (κ2) is 5.55. The third kappa shape index (κ3) is 3.12. The van der Waals surface area contributed by atoms with Gasteiger partial charge < -0.3 is 5.32 Å². The Bertz CT molecular complexity index is 450. The Morgan fingerprint density at radius 3 is 2.79 bits per heavy atom. The van der Waals surface area contributed by atoms with Crippen LogP contribution in [0.2, 0.25) is 0 Å². The average Bonchev–Trinajstić information content (AvgIpc) is 2.37. The number of halogens is 2. The van der Waals surface area contributed by atoms with Crippen LogP contribution in [-0.2, 0) is 6.54 Å². The van der Waals surface area contributed by atoms with Crippen LogP contribution in [0.25, 0.3) is 0 Å². The van der Waals surface area contributed by atoms with E-state index >= 15 is 0 Å². The number of nitrogens with one attached hydrogen (secondary N) is 1. The van der Waals surface area contributed by atoms with Gasteiger partial charge in [0.1, 0.15) is 11.6 Å². The van der Waals surface area contributed by atoms with Gasteiger partial charge in [-0.1, -0.05) is 13.0 Å². The van der Waals surface area contributed by atoms with Gasteiger partial charge in [-0.2, -0.15) is 0 Å². The molecule has 1 aliphatic heterocycles. The van der Waals surface area contributed by atoms with E-state index < -0.39 is 11.6 Å². The van der Waals surface area contributed by atoms with Gasteiger partial charge in [-0.3, -0.25) is 4.90 Å². The van der Waals surface area contributed by atoms with E-state index in [0.717, 1.165) is 25.6 Å². The lowest BCUT2D eigenvalue weighted by molar-refractivity contribution is 0.0444. The first-order valence-electron chi connectivity index (χ1n) is 6.87. The minimum atomic E-state index is -0.520. The maximum Gasteiger partial charge on any atom is 0.130 e. The molecule has 1 N–H and O–H groups in total. The van der Waals surface area contributed by atoms with Gasteiger partial charge in [0.25, 0.3) is 0 Å². The lowest BCUT2D eigenvalue weighted by atomic mass is 9.91. The van der Waals surface area contributed by atoms with E-state index in [1.54, 1.807) is 6.07 Å². The molecule has 1 aromatic carbocycles. The minimum absolute atomic E-state index is 0.0212. The van der Waals surface area contributed by atoms with Crippen molar-refractivity contribution in [1.82, 2.24) is 10.2 Å². The molecule has 1 saturated heterocycles. The van der Waals surface area contributed by atoms with E-state index in [9.17, 15) is 8.78 Å². The summed E-state index contributed by atoms with van der Waals surface area (Å²) in [5.41, 5.74) is 0.586. The number of benzene rings is 1. The Morgan fingerprint density at radius 2 is 2.16 bits per heavy atom.